The largest absolute Gasteiger partial charge is 0.513 e. The topological polar surface area (TPSA) is 93.7 Å². The molecule has 2 amide bonds. The van der Waals surface area contributed by atoms with E-state index >= 15 is 0 Å². The predicted octanol–water partition coefficient (Wildman–Crippen LogP) is 4.77. The fourth-order valence-corrected chi connectivity index (χ4v) is 2.80. The van der Waals surface area contributed by atoms with E-state index in [1.807, 2.05) is 6.92 Å². The Labute approximate surface area is 175 Å². The van der Waals surface area contributed by atoms with E-state index in [1.54, 1.807) is 49.4 Å². The zero-order chi connectivity index (χ0) is 21.5. The van der Waals surface area contributed by atoms with E-state index in [1.165, 1.54) is 12.1 Å². The van der Waals surface area contributed by atoms with Gasteiger partial charge in [-0.15, -0.1) is 0 Å². The highest BCUT2D eigenvalue weighted by atomic mass is 16.7. The average molecular weight is 408 g/mol. The number of carbonyl (C=O) groups is 3. The number of anilines is 2. The lowest BCUT2D eigenvalue weighted by Crippen LogP contribution is -2.13. The molecule has 7 nitrogen and oxygen atoms in total. The van der Waals surface area contributed by atoms with Crippen LogP contribution in [0.4, 0.5) is 16.2 Å². The lowest BCUT2D eigenvalue weighted by molar-refractivity contribution is -0.112. The Bertz CT molecular complexity index is 945. The molecule has 1 aliphatic carbocycles. The van der Waals surface area contributed by atoms with Gasteiger partial charge in [0, 0.05) is 23.0 Å². The number of carbonyl (C=O) groups excluding carboxylic acids is 3. The third-order valence-corrected chi connectivity index (χ3v) is 4.57. The van der Waals surface area contributed by atoms with Gasteiger partial charge in [0.15, 0.2) is 0 Å². The van der Waals surface area contributed by atoms with Gasteiger partial charge in [-0.25, -0.2) is 4.79 Å². The smallest absolute Gasteiger partial charge is 0.434 e. The zero-order valence-electron chi connectivity index (χ0n) is 16.9. The summed E-state index contributed by atoms with van der Waals surface area (Å²) in [4.78, 5) is 35.7. The van der Waals surface area contributed by atoms with Gasteiger partial charge >= 0.3 is 6.16 Å². The third-order valence-electron chi connectivity index (χ3n) is 4.57. The Morgan fingerprint density at radius 3 is 2.13 bits per heavy atom. The monoisotopic (exact) mass is 408 g/mol. The summed E-state index contributed by atoms with van der Waals surface area (Å²) < 4.78 is 9.66. The fourth-order valence-electron chi connectivity index (χ4n) is 2.80. The van der Waals surface area contributed by atoms with Crippen LogP contribution in [-0.2, 0) is 9.53 Å². The Morgan fingerprint density at radius 2 is 1.57 bits per heavy atom. The second-order valence-corrected chi connectivity index (χ2v) is 6.99. The Balaban J connectivity index is 1.53. The third kappa shape index (κ3) is 6.20. The van der Waals surface area contributed by atoms with E-state index in [9.17, 15) is 14.4 Å². The summed E-state index contributed by atoms with van der Waals surface area (Å²) in [5, 5.41) is 5.60. The highest BCUT2D eigenvalue weighted by Crippen LogP contribution is 2.35. The highest BCUT2D eigenvalue weighted by Gasteiger charge is 2.23. The van der Waals surface area contributed by atoms with Gasteiger partial charge in [-0.05, 0) is 81.1 Å². The molecular formula is C23H24N2O5. The molecule has 2 N–H and O–H groups in total. The van der Waals surface area contributed by atoms with E-state index in [0.717, 1.165) is 18.4 Å². The maximum Gasteiger partial charge on any atom is 0.513 e. The van der Waals surface area contributed by atoms with Crippen molar-refractivity contribution in [2.24, 2.45) is 5.92 Å². The van der Waals surface area contributed by atoms with E-state index < -0.39 is 6.16 Å². The van der Waals surface area contributed by atoms with Gasteiger partial charge in [-0.1, -0.05) is 5.57 Å². The number of rotatable bonds is 7. The van der Waals surface area contributed by atoms with E-state index in [4.69, 9.17) is 9.47 Å². The Kier molecular flexibility index (Phi) is 6.85. The van der Waals surface area contributed by atoms with Crippen LogP contribution in [0.1, 0.15) is 37.0 Å². The number of amides is 2. The minimum atomic E-state index is -0.792. The molecule has 0 atom stereocenters. The molecular weight excluding hydrogens is 384 g/mol. The quantitative estimate of drug-likeness (QED) is 0.391. The zero-order valence-corrected chi connectivity index (χ0v) is 16.9. The highest BCUT2D eigenvalue weighted by molar-refractivity contribution is 6.04. The SMILES string of the molecule is CCOC(=O)Oc1ccc(C(=O)Nc2ccc(NC(=O)/C=C(\C)C3CC3)cc2)cc1. The summed E-state index contributed by atoms with van der Waals surface area (Å²) in [6, 6.07) is 13.0. The van der Waals surface area contributed by atoms with Crippen molar-refractivity contribution in [3.8, 4) is 5.75 Å². The standard InChI is InChI=1S/C23H24N2O5/c1-3-29-23(28)30-20-12-6-17(7-13-20)22(27)25-19-10-8-18(9-11-19)24-21(26)14-15(2)16-4-5-16/h6-14,16H,3-5H2,1-2H3,(H,24,26)(H,25,27)/b15-14+. The molecule has 3 rings (SSSR count). The van der Waals surface area contributed by atoms with E-state index in [-0.39, 0.29) is 24.2 Å². The number of benzene rings is 2. The second-order valence-electron chi connectivity index (χ2n) is 6.99. The minimum absolute atomic E-state index is 0.152. The second kappa shape index (κ2) is 9.73. The summed E-state index contributed by atoms with van der Waals surface area (Å²) >= 11 is 0. The summed E-state index contributed by atoms with van der Waals surface area (Å²) in [5.74, 6) is 0.383. The van der Waals surface area contributed by atoms with Gasteiger partial charge in [0.05, 0.1) is 6.61 Å². The first-order valence-electron chi connectivity index (χ1n) is 9.80. The van der Waals surface area contributed by atoms with Crippen LogP contribution in [0, 0.1) is 5.92 Å². The van der Waals surface area contributed by atoms with Crippen LogP contribution in [0.3, 0.4) is 0 Å². The van der Waals surface area contributed by atoms with E-state index in [0.29, 0.717) is 22.9 Å². The van der Waals surface area contributed by atoms with Crippen LogP contribution in [0.2, 0.25) is 0 Å². The molecule has 0 unspecified atom stereocenters. The molecule has 0 radical (unpaired) electrons. The first-order chi connectivity index (χ1) is 14.4. The van der Waals surface area contributed by atoms with Crippen molar-refractivity contribution >= 4 is 29.3 Å². The fraction of sp³-hybridized carbons (Fsp3) is 0.261. The van der Waals surface area contributed by atoms with Crippen molar-refractivity contribution in [2.45, 2.75) is 26.7 Å². The van der Waals surface area contributed by atoms with Gasteiger partial charge in [-0.3, -0.25) is 9.59 Å². The van der Waals surface area contributed by atoms with Crippen LogP contribution in [0.15, 0.2) is 60.2 Å². The van der Waals surface area contributed by atoms with Crippen molar-refractivity contribution in [3.63, 3.8) is 0 Å². The molecule has 156 valence electrons. The molecule has 2 aromatic carbocycles. The summed E-state index contributed by atoms with van der Waals surface area (Å²) in [6.07, 6.45) is 3.17. The van der Waals surface area contributed by atoms with E-state index in [2.05, 4.69) is 10.6 Å². The first kappa shape index (κ1) is 21.1. The van der Waals surface area contributed by atoms with Gasteiger partial charge < -0.3 is 20.1 Å². The molecule has 0 bridgehead atoms. The number of ether oxygens (including phenoxy) is 2. The minimum Gasteiger partial charge on any atom is -0.434 e. The normalized spacial score (nSPS) is 13.3. The first-order valence-corrected chi connectivity index (χ1v) is 9.80. The number of nitrogens with one attached hydrogen (secondary N) is 2. The van der Waals surface area contributed by atoms with Crippen LogP contribution >= 0.6 is 0 Å². The lowest BCUT2D eigenvalue weighted by Gasteiger charge is -2.08. The average Bonchev–Trinajstić information content (AvgIpc) is 3.55. The van der Waals surface area contributed by atoms with Gasteiger partial charge in [0.1, 0.15) is 5.75 Å². The number of allylic oxidation sites excluding steroid dienone is 1. The van der Waals surface area contributed by atoms with Crippen LogP contribution in [0.25, 0.3) is 0 Å². The molecule has 1 saturated carbocycles. The molecule has 7 heteroatoms. The van der Waals surface area contributed by atoms with Gasteiger partial charge in [-0.2, -0.15) is 0 Å². The Morgan fingerprint density at radius 1 is 0.967 bits per heavy atom. The lowest BCUT2D eigenvalue weighted by atomic mass is 10.2. The van der Waals surface area contributed by atoms with Crippen molar-refractivity contribution in [2.75, 3.05) is 17.2 Å². The van der Waals surface area contributed by atoms with Gasteiger partial charge in [0.25, 0.3) is 5.91 Å². The van der Waals surface area contributed by atoms with Crippen LogP contribution < -0.4 is 15.4 Å². The molecule has 0 aromatic heterocycles. The maximum absolute atomic E-state index is 12.4. The number of hydrogen-bond acceptors (Lipinski definition) is 5. The van der Waals surface area contributed by atoms with Crippen LogP contribution in [-0.4, -0.2) is 24.6 Å². The van der Waals surface area contributed by atoms with Crippen molar-refractivity contribution in [3.05, 3.63) is 65.7 Å². The molecule has 1 fully saturated rings. The Hall–Kier alpha value is -3.61. The van der Waals surface area contributed by atoms with Crippen molar-refractivity contribution in [1.29, 1.82) is 0 Å². The maximum atomic E-state index is 12.4. The molecule has 2 aromatic rings. The summed E-state index contributed by atoms with van der Waals surface area (Å²) in [7, 11) is 0. The van der Waals surface area contributed by atoms with Crippen LogP contribution in [0.5, 0.6) is 5.75 Å². The number of hydrogen-bond donors (Lipinski definition) is 2. The van der Waals surface area contributed by atoms with Crippen molar-refractivity contribution < 1.29 is 23.9 Å². The molecule has 0 aliphatic heterocycles. The molecule has 30 heavy (non-hydrogen) atoms. The molecule has 0 spiro atoms. The van der Waals surface area contributed by atoms with Gasteiger partial charge in [0.2, 0.25) is 5.91 Å². The van der Waals surface area contributed by atoms with Crippen molar-refractivity contribution in [1.82, 2.24) is 0 Å². The summed E-state index contributed by atoms with van der Waals surface area (Å²) in [6.45, 7) is 3.88. The molecule has 0 heterocycles. The predicted molar refractivity (Wildman–Crippen MR) is 114 cm³/mol. The molecule has 1 aliphatic rings. The molecule has 0 saturated heterocycles. The summed E-state index contributed by atoms with van der Waals surface area (Å²) in [5.41, 5.74) is 2.76.